The number of hydrogen-bond acceptors (Lipinski definition) is 2. The Bertz CT molecular complexity index is 1020. The second kappa shape index (κ2) is 8.69. The van der Waals surface area contributed by atoms with Gasteiger partial charge in [0.2, 0.25) is 0 Å². The van der Waals surface area contributed by atoms with Crippen molar-refractivity contribution in [2.75, 3.05) is 0 Å². The average Bonchev–Trinajstić information content (AvgIpc) is 3.18. The maximum Gasteiger partial charge on any atom is 0.288 e. The van der Waals surface area contributed by atoms with Crippen LogP contribution in [0, 0.1) is 0 Å². The molecular formula is C22H21F4N3O. The summed E-state index contributed by atoms with van der Waals surface area (Å²) in [6.45, 7) is 2.73. The Morgan fingerprint density at radius 3 is 2.40 bits per heavy atom. The Balaban J connectivity index is 1.87. The van der Waals surface area contributed by atoms with E-state index in [1.54, 1.807) is 18.2 Å². The van der Waals surface area contributed by atoms with Crippen molar-refractivity contribution in [3.63, 3.8) is 0 Å². The molecular weight excluding hydrogens is 398 g/mol. The molecule has 1 amide bonds. The normalized spacial score (nSPS) is 11.7. The number of alkyl halides is 4. The Morgan fingerprint density at radius 1 is 1.10 bits per heavy atom. The molecule has 0 radical (unpaired) electrons. The van der Waals surface area contributed by atoms with Crippen molar-refractivity contribution in [2.45, 2.75) is 39.2 Å². The van der Waals surface area contributed by atoms with Gasteiger partial charge in [-0.05, 0) is 35.7 Å². The molecule has 0 saturated heterocycles. The standard InChI is InChI=1S/C22H21F4N3O/c1-3-14-5-4-6-17(11-14)29-18(12-19(28-29)22(2,25)26)21(30)27-13-15-7-9-16(10-8-15)20(23)24/h4-12,20H,3,13H2,1-2H3,(H,27,30). The molecule has 3 aromatic rings. The van der Waals surface area contributed by atoms with E-state index in [2.05, 4.69) is 10.4 Å². The van der Waals surface area contributed by atoms with Crippen LogP contribution < -0.4 is 5.32 Å². The molecule has 30 heavy (non-hydrogen) atoms. The van der Waals surface area contributed by atoms with Gasteiger partial charge < -0.3 is 5.32 Å². The van der Waals surface area contributed by atoms with Crippen molar-refractivity contribution < 1.29 is 22.4 Å². The lowest BCUT2D eigenvalue weighted by molar-refractivity contribution is 0.0124. The highest BCUT2D eigenvalue weighted by atomic mass is 19.3. The Labute approximate surface area is 171 Å². The maximum atomic E-state index is 13.9. The summed E-state index contributed by atoms with van der Waals surface area (Å²) < 4.78 is 54.2. The molecule has 1 N–H and O–H groups in total. The SMILES string of the molecule is CCc1cccc(-n2nc(C(C)(F)F)cc2C(=O)NCc2ccc(C(F)F)cc2)c1. The number of hydrogen-bond donors (Lipinski definition) is 1. The fourth-order valence-corrected chi connectivity index (χ4v) is 2.92. The van der Waals surface area contributed by atoms with Crippen LogP contribution in [0.3, 0.4) is 0 Å². The third-order valence-corrected chi connectivity index (χ3v) is 4.64. The molecule has 0 spiro atoms. The molecule has 3 rings (SSSR count). The van der Waals surface area contributed by atoms with Crippen LogP contribution in [0.1, 0.15) is 53.1 Å². The van der Waals surface area contributed by atoms with Crippen molar-refractivity contribution in [2.24, 2.45) is 0 Å². The van der Waals surface area contributed by atoms with E-state index in [1.807, 2.05) is 13.0 Å². The predicted octanol–water partition coefficient (Wildman–Crippen LogP) is 5.41. The van der Waals surface area contributed by atoms with Crippen molar-refractivity contribution in [3.8, 4) is 5.69 Å². The van der Waals surface area contributed by atoms with Gasteiger partial charge in [-0.25, -0.2) is 13.5 Å². The molecule has 1 heterocycles. The number of carbonyl (C=O) groups is 1. The van der Waals surface area contributed by atoms with Crippen LogP contribution in [0.15, 0.2) is 54.6 Å². The highest BCUT2D eigenvalue weighted by molar-refractivity contribution is 5.93. The fraction of sp³-hybridized carbons (Fsp3) is 0.273. The van der Waals surface area contributed by atoms with Gasteiger partial charge in [-0.3, -0.25) is 4.79 Å². The minimum atomic E-state index is -3.21. The van der Waals surface area contributed by atoms with Crippen LogP contribution >= 0.6 is 0 Å². The first-order valence-corrected chi connectivity index (χ1v) is 9.42. The van der Waals surface area contributed by atoms with Crippen LogP contribution in [0.4, 0.5) is 17.6 Å². The first-order chi connectivity index (χ1) is 14.2. The summed E-state index contributed by atoms with van der Waals surface area (Å²) in [7, 11) is 0. The molecule has 0 aliphatic rings. The molecule has 2 aromatic carbocycles. The van der Waals surface area contributed by atoms with Crippen molar-refractivity contribution >= 4 is 5.91 Å². The Kier molecular flexibility index (Phi) is 6.24. The summed E-state index contributed by atoms with van der Waals surface area (Å²) in [5, 5.41) is 6.59. The van der Waals surface area contributed by atoms with E-state index in [1.165, 1.54) is 28.9 Å². The van der Waals surface area contributed by atoms with Crippen LogP contribution in [0.25, 0.3) is 5.69 Å². The van der Waals surface area contributed by atoms with E-state index in [0.29, 0.717) is 18.2 Å². The van der Waals surface area contributed by atoms with Gasteiger partial charge in [0.25, 0.3) is 18.3 Å². The van der Waals surface area contributed by atoms with Gasteiger partial charge in [-0.1, -0.05) is 43.3 Å². The number of nitrogens with zero attached hydrogens (tertiary/aromatic N) is 2. The second-order valence-corrected chi connectivity index (χ2v) is 6.96. The van der Waals surface area contributed by atoms with E-state index in [0.717, 1.165) is 18.1 Å². The van der Waals surface area contributed by atoms with Crippen LogP contribution in [-0.4, -0.2) is 15.7 Å². The van der Waals surface area contributed by atoms with Gasteiger partial charge in [-0.15, -0.1) is 0 Å². The van der Waals surface area contributed by atoms with Gasteiger partial charge in [0.15, 0.2) is 0 Å². The summed E-state index contributed by atoms with van der Waals surface area (Å²) in [6.07, 6.45) is -1.83. The third kappa shape index (κ3) is 4.87. The molecule has 0 unspecified atom stereocenters. The van der Waals surface area contributed by atoms with Gasteiger partial charge >= 0.3 is 0 Å². The van der Waals surface area contributed by atoms with E-state index in [-0.39, 0.29) is 17.8 Å². The van der Waals surface area contributed by atoms with Crippen LogP contribution in [0.2, 0.25) is 0 Å². The number of halogens is 4. The molecule has 1 aromatic heterocycles. The Hall–Kier alpha value is -3.16. The van der Waals surface area contributed by atoms with Gasteiger partial charge in [0.05, 0.1) is 5.69 Å². The highest BCUT2D eigenvalue weighted by Crippen LogP contribution is 2.28. The Morgan fingerprint density at radius 2 is 1.80 bits per heavy atom. The molecule has 8 heteroatoms. The minimum Gasteiger partial charge on any atom is -0.347 e. The predicted molar refractivity (Wildman–Crippen MR) is 105 cm³/mol. The molecule has 158 valence electrons. The summed E-state index contributed by atoms with van der Waals surface area (Å²) in [4.78, 5) is 12.7. The summed E-state index contributed by atoms with van der Waals surface area (Å²) in [6, 6.07) is 13.7. The molecule has 0 atom stereocenters. The van der Waals surface area contributed by atoms with Gasteiger partial charge in [0, 0.05) is 19.0 Å². The largest absolute Gasteiger partial charge is 0.347 e. The fourth-order valence-electron chi connectivity index (χ4n) is 2.92. The highest BCUT2D eigenvalue weighted by Gasteiger charge is 2.31. The lowest BCUT2D eigenvalue weighted by atomic mass is 10.1. The maximum absolute atomic E-state index is 13.9. The van der Waals surface area contributed by atoms with E-state index in [9.17, 15) is 22.4 Å². The van der Waals surface area contributed by atoms with Crippen molar-refractivity contribution in [1.82, 2.24) is 15.1 Å². The number of amides is 1. The number of aromatic nitrogens is 2. The lowest BCUT2D eigenvalue weighted by Crippen LogP contribution is -2.25. The van der Waals surface area contributed by atoms with E-state index < -0.39 is 23.9 Å². The number of benzene rings is 2. The molecule has 0 fully saturated rings. The smallest absolute Gasteiger partial charge is 0.288 e. The average molecular weight is 419 g/mol. The number of rotatable bonds is 7. The molecule has 0 aliphatic heterocycles. The molecule has 4 nitrogen and oxygen atoms in total. The first-order valence-electron chi connectivity index (χ1n) is 9.42. The zero-order valence-electron chi connectivity index (χ0n) is 16.5. The third-order valence-electron chi connectivity index (χ3n) is 4.64. The second-order valence-electron chi connectivity index (χ2n) is 6.96. The molecule has 0 saturated carbocycles. The van der Waals surface area contributed by atoms with Gasteiger partial charge in [-0.2, -0.15) is 13.9 Å². The first kappa shape index (κ1) is 21.5. The van der Waals surface area contributed by atoms with E-state index in [4.69, 9.17) is 0 Å². The van der Waals surface area contributed by atoms with Crippen molar-refractivity contribution in [1.29, 1.82) is 0 Å². The molecule has 0 aliphatic carbocycles. The van der Waals surface area contributed by atoms with Gasteiger partial charge in [0.1, 0.15) is 11.4 Å². The molecule has 0 bridgehead atoms. The summed E-state index contributed by atoms with van der Waals surface area (Å²) >= 11 is 0. The van der Waals surface area contributed by atoms with Crippen LogP contribution in [-0.2, 0) is 18.9 Å². The lowest BCUT2D eigenvalue weighted by Gasteiger charge is -2.10. The monoisotopic (exact) mass is 419 g/mol. The number of nitrogens with one attached hydrogen (secondary N) is 1. The number of carbonyl (C=O) groups excluding carboxylic acids is 1. The zero-order chi connectivity index (χ0) is 21.9. The number of aryl methyl sites for hydroxylation is 1. The zero-order valence-corrected chi connectivity index (χ0v) is 16.5. The van der Waals surface area contributed by atoms with E-state index >= 15 is 0 Å². The topological polar surface area (TPSA) is 46.9 Å². The summed E-state index contributed by atoms with van der Waals surface area (Å²) in [5.41, 5.74) is 1.40. The minimum absolute atomic E-state index is 0.0380. The van der Waals surface area contributed by atoms with Crippen molar-refractivity contribution in [3.05, 3.63) is 82.7 Å². The van der Waals surface area contributed by atoms with Crippen LogP contribution in [0.5, 0.6) is 0 Å². The summed E-state index contributed by atoms with van der Waals surface area (Å²) in [5.74, 6) is -3.81. The quantitative estimate of drug-likeness (QED) is 0.520.